The lowest BCUT2D eigenvalue weighted by Crippen LogP contribution is -2.45. The predicted molar refractivity (Wildman–Crippen MR) is 66.6 cm³/mol. The first kappa shape index (κ1) is 11.5. The van der Waals surface area contributed by atoms with Crippen molar-refractivity contribution >= 4 is 28.7 Å². The van der Waals surface area contributed by atoms with Crippen molar-refractivity contribution in [1.82, 2.24) is 10.6 Å². The van der Waals surface area contributed by atoms with Gasteiger partial charge < -0.3 is 10.6 Å². The average Bonchev–Trinajstić information content (AvgIpc) is 2.49. The molecule has 0 unspecified atom stereocenters. The van der Waals surface area contributed by atoms with Gasteiger partial charge in [-0.3, -0.25) is 0 Å². The van der Waals surface area contributed by atoms with Gasteiger partial charge in [0.1, 0.15) is 0 Å². The quantitative estimate of drug-likeness (QED) is 0.761. The van der Waals surface area contributed by atoms with Crippen LogP contribution in [0.25, 0.3) is 0 Å². The molecule has 0 amide bonds. The lowest BCUT2D eigenvalue weighted by atomic mass is 10.1. The molecule has 1 rings (SSSR count). The first-order chi connectivity index (χ1) is 6.47. The Morgan fingerprint density at radius 1 is 1.50 bits per heavy atom. The van der Waals surface area contributed by atoms with Gasteiger partial charge in [0.2, 0.25) is 0 Å². The van der Waals surface area contributed by atoms with Crippen LogP contribution in [0.5, 0.6) is 0 Å². The molecule has 1 aromatic heterocycles. The van der Waals surface area contributed by atoms with E-state index in [1.165, 1.54) is 4.88 Å². The summed E-state index contributed by atoms with van der Waals surface area (Å²) >= 11 is 6.89. The topological polar surface area (TPSA) is 24.1 Å². The molecule has 0 aliphatic rings. The van der Waals surface area contributed by atoms with E-state index in [-0.39, 0.29) is 5.54 Å². The van der Waals surface area contributed by atoms with Gasteiger partial charge >= 0.3 is 0 Å². The van der Waals surface area contributed by atoms with Crippen molar-refractivity contribution in [2.24, 2.45) is 0 Å². The fourth-order valence-electron chi connectivity index (χ4n) is 0.965. The molecule has 0 aliphatic heterocycles. The Morgan fingerprint density at radius 3 is 2.71 bits per heavy atom. The van der Waals surface area contributed by atoms with E-state index < -0.39 is 0 Å². The molecule has 0 radical (unpaired) electrons. The highest BCUT2D eigenvalue weighted by atomic mass is 32.1. The van der Waals surface area contributed by atoms with E-state index in [9.17, 15) is 0 Å². The van der Waals surface area contributed by atoms with Crippen LogP contribution in [-0.2, 0) is 6.54 Å². The Kier molecular flexibility index (Phi) is 3.89. The van der Waals surface area contributed by atoms with Crippen LogP contribution in [0.15, 0.2) is 17.5 Å². The highest BCUT2D eigenvalue weighted by Gasteiger charge is 2.10. The van der Waals surface area contributed by atoms with Crippen molar-refractivity contribution in [3.05, 3.63) is 22.4 Å². The summed E-state index contributed by atoms with van der Waals surface area (Å²) in [5.41, 5.74) is 0.0273. The third-order valence-electron chi connectivity index (χ3n) is 1.49. The monoisotopic (exact) mass is 228 g/mol. The van der Waals surface area contributed by atoms with Gasteiger partial charge in [-0.15, -0.1) is 11.3 Å². The maximum atomic E-state index is 5.16. The first-order valence-electron chi connectivity index (χ1n) is 4.56. The number of hydrogen-bond donors (Lipinski definition) is 2. The lowest BCUT2D eigenvalue weighted by Gasteiger charge is -2.22. The van der Waals surface area contributed by atoms with Crippen molar-refractivity contribution in [3.63, 3.8) is 0 Å². The van der Waals surface area contributed by atoms with E-state index >= 15 is 0 Å². The van der Waals surface area contributed by atoms with Crippen LogP contribution >= 0.6 is 23.6 Å². The second-order valence-corrected chi connectivity index (χ2v) is 5.58. The van der Waals surface area contributed by atoms with Crippen LogP contribution in [-0.4, -0.2) is 10.7 Å². The number of thiophene rings is 1. The van der Waals surface area contributed by atoms with E-state index in [2.05, 4.69) is 42.9 Å². The molecule has 0 bridgehead atoms. The molecule has 1 heterocycles. The van der Waals surface area contributed by atoms with Gasteiger partial charge in [-0.25, -0.2) is 0 Å². The van der Waals surface area contributed by atoms with Gasteiger partial charge in [0, 0.05) is 10.4 Å². The number of hydrogen-bond acceptors (Lipinski definition) is 2. The summed E-state index contributed by atoms with van der Waals surface area (Å²) in [4.78, 5) is 1.29. The molecule has 0 saturated heterocycles. The van der Waals surface area contributed by atoms with Crippen molar-refractivity contribution in [1.29, 1.82) is 0 Å². The maximum absolute atomic E-state index is 5.16. The van der Waals surface area contributed by atoms with E-state index in [1.807, 2.05) is 6.07 Å². The SMILES string of the molecule is CC(C)(C)NC(=S)NCc1cccs1. The van der Waals surface area contributed by atoms with E-state index in [0.29, 0.717) is 5.11 Å². The minimum atomic E-state index is 0.0273. The summed E-state index contributed by atoms with van der Waals surface area (Å²) in [6.07, 6.45) is 0. The molecule has 0 saturated carbocycles. The number of thiocarbonyl (C=S) groups is 1. The Labute approximate surface area is 94.7 Å². The summed E-state index contributed by atoms with van der Waals surface area (Å²) in [5.74, 6) is 0. The Hall–Kier alpha value is -0.610. The van der Waals surface area contributed by atoms with E-state index in [1.54, 1.807) is 11.3 Å². The molecule has 78 valence electrons. The van der Waals surface area contributed by atoms with Crippen molar-refractivity contribution in [2.45, 2.75) is 32.9 Å². The van der Waals surface area contributed by atoms with Gasteiger partial charge in [0.05, 0.1) is 6.54 Å². The molecule has 2 nitrogen and oxygen atoms in total. The van der Waals surface area contributed by atoms with Gasteiger partial charge in [-0.2, -0.15) is 0 Å². The standard InChI is InChI=1S/C10H16N2S2/c1-10(2,3)12-9(13)11-7-8-5-4-6-14-8/h4-6H,7H2,1-3H3,(H2,11,12,13). The summed E-state index contributed by atoms with van der Waals surface area (Å²) < 4.78 is 0. The summed E-state index contributed by atoms with van der Waals surface area (Å²) in [6.45, 7) is 7.07. The largest absolute Gasteiger partial charge is 0.358 e. The lowest BCUT2D eigenvalue weighted by molar-refractivity contribution is 0.507. The van der Waals surface area contributed by atoms with Crippen LogP contribution in [0.1, 0.15) is 25.6 Å². The minimum Gasteiger partial charge on any atom is -0.358 e. The van der Waals surface area contributed by atoms with Crippen molar-refractivity contribution in [2.75, 3.05) is 0 Å². The molecule has 4 heteroatoms. The zero-order valence-corrected chi connectivity index (χ0v) is 10.4. The fourth-order valence-corrected chi connectivity index (χ4v) is 1.99. The summed E-state index contributed by atoms with van der Waals surface area (Å²) in [7, 11) is 0. The minimum absolute atomic E-state index is 0.0273. The van der Waals surface area contributed by atoms with Crippen LogP contribution in [0.4, 0.5) is 0 Å². The second-order valence-electron chi connectivity index (χ2n) is 4.14. The van der Waals surface area contributed by atoms with Gasteiger partial charge in [0.15, 0.2) is 5.11 Å². The highest BCUT2D eigenvalue weighted by Crippen LogP contribution is 2.07. The first-order valence-corrected chi connectivity index (χ1v) is 5.84. The molecule has 0 atom stereocenters. The molecular weight excluding hydrogens is 212 g/mol. The Balaban J connectivity index is 2.29. The molecule has 0 aromatic carbocycles. The predicted octanol–water partition coefficient (Wildman–Crippen LogP) is 2.51. The second kappa shape index (κ2) is 4.75. The number of nitrogens with one attached hydrogen (secondary N) is 2. The van der Waals surface area contributed by atoms with Crippen LogP contribution in [0.3, 0.4) is 0 Å². The maximum Gasteiger partial charge on any atom is 0.166 e. The van der Waals surface area contributed by atoms with Gasteiger partial charge in [-0.05, 0) is 44.4 Å². The van der Waals surface area contributed by atoms with Crippen molar-refractivity contribution < 1.29 is 0 Å². The number of rotatable bonds is 2. The zero-order valence-electron chi connectivity index (χ0n) is 8.76. The normalized spacial score (nSPS) is 11.1. The molecule has 14 heavy (non-hydrogen) atoms. The molecule has 1 aromatic rings. The van der Waals surface area contributed by atoms with Crippen LogP contribution < -0.4 is 10.6 Å². The summed E-state index contributed by atoms with van der Waals surface area (Å²) in [5, 5.41) is 9.16. The zero-order chi connectivity index (χ0) is 10.6. The van der Waals surface area contributed by atoms with E-state index in [0.717, 1.165) is 6.54 Å². The molecule has 2 N–H and O–H groups in total. The Bertz CT molecular complexity index is 286. The van der Waals surface area contributed by atoms with Crippen LogP contribution in [0.2, 0.25) is 0 Å². The molecule has 0 fully saturated rings. The third-order valence-corrected chi connectivity index (χ3v) is 2.61. The molecule has 0 spiro atoms. The fraction of sp³-hybridized carbons (Fsp3) is 0.500. The van der Waals surface area contributed by atoms with Crippen LogP contribution in [0, 0.1) is 0 Å². The van der Waals surface area contributed by atoms with Gasteiger partial charge in [0.25, 0.3) is 0 Å². The van der Waals surface area contributed by atoms with Crippen molar-refractivity contribution in [3.8, 4) is 0 Å². The Morgan fingerprint density at radius 2 is 2.21 bits per heavy atom. The average molecular weight is 228 g/mol. The summed E-state index contributed by atoms with van der Waals surface area (Å²) in [6, 6.07) is 4.14. The molecule has 0 aliphatic carbocycles. The third kappa shape index (κ3) is 4.58. The van der Waals surface area contributed by atoms with E-state index in [4.69, 9.17) is 12.2 Å². The smallest absolute Gasteiger partial charge is 0.166 e. The molecular formula is C10H16N2S2. The van der Waals surface area contributed by atoms with Gasteiger partial charge in [-0.1, -0.05) is 6.07 Å². The highest BCUT2D eigenvalue weighted by molar-refractivity contribution is 7.80.